The summed E-state index contributed by atoms with van der Waals surface area (Å²) in [6.07, 6.45) is 1.01. The molecule has 0 unspecified atom stereocenters. The molecule has 1 heterocycles. The average molecular weight is 488 g/mol. The fourth-order valence-corrected chi connectivity index (χ4v) is 3.96. The number of halogens is 3. The molecule has 0 bridgehead atoms. The van der Waals surface area contributed by atoms with Crippen LogP contribution < -0.4 is 10.1 Å². The Hall–Kier alpha value is -1.70. The second-order valence-corrected chi connectivity index (χ2v) is 8.82. The number of aliphatic hydroxyl groups is 1. The van der Waals surface area contributed by atoms with Gasteiger partial charge in [0.05, 0.1) is 21.2 Å². The van der Waals surface area contributed by atoms with E-state index in [9.17, 15) is 15.0 Å². The van der Waals surface area contributed by atoms with Crippen LogP contribution in [0.3, 0.4) is 0 Å². The van der Waals surface area contributed by atoms with E-state index in [2.05, 4.69) is 10.2 Å². The Bertz CT molecular complexity index is 933. The lowest BCUT2D eigenvalue weighted by molar-refractivity contribution is 0.0592. The van der Waals surface area contributed by atoms with Crippen molar-refractivity contribution in [2.75, 3.05) is 26.2 Å². The third-order valence-electron chi connectivity index (χ3n) is 5.29. The van der Waals surface area contributed by atoms with Gasteiger partial charge in [0.2, 0.25) is 0 Å². The minimum atomic E-state index is -0.709. The molecule has 0 aromatic heterocycles. The lowest BCUT2D eigenvalue weighted by Crippen LogP contribution is -2.45. The molecule has 0 radical (unpaired) electrons. The van der Waals surface area contributed by atoms with E-state index in [1.54, 1.807) is 6.07 Å². The first kappa shape index (κ1) is 24.0. The molecule has 1 fully saturated rings. The maximum atomic E-state index is 12.2. The largest absolute Gasteiger partial charge is 0.506 e. The number of carbonyl (C=O) groups excluding carboxylic acids is 1. The van der Waals surface area contributed by atoms with Gasteiger partial charge in [0.25, 0.3) is 5.91 Å². The first-order valence-electron chi connectivity index (χ1n) is 10.0. The SMILES string of the molecule is Cc1c(OC2CCN(C[C@H](O)CNC(=O)c3ccc(Cl)c(O)c3)CC2)ccc(Cl)c1Cl. The van der Waals surface area contributed by atoms with Crippen molar-refractivity contribution < 1.29 is 19.7 Å². The number of nitrogens with one attached hydrogen (secondary N) is 1. The normalized spacial score (nSPS) is 16.2. The minimum Gasteiger partial charge on any atom is -0.506 e. The molecule has 3 rings (SSSR count). The molecule has 2 aromatic carbocycles. The molecular weight excluding hydrogens is 463 g/mol. The van der Waals surface area contributed by atoms with E-state index < -0.39 is 6.10 Å². The summed E-state index contributed by atoms with van der Waals surface area (Å²) in [5.74, 6) is 0.204. The molecule has 0 aliphatic carbocycles. The van der Waals surface area contributed by atoms with E-state index in [1.165, 1.54) is 18.2 Å². The van der Waals surface area contributed by atoms with Crippen molar-refractivity contribution in [3.05, 3.63) is 56.5 Å². The van der Waals surface area contributed by atoms with Gasteiger partial charge in [-0.3, -0.25) is 4.79 Å². The summed E-state index contributed by atoms with van der Waals surface area (Å²) in [6, 6.07) is 7.84. The van der Waals surface area contributed by atoms with Gasteiger partial charge in [-0.15, -0.1) is 0 Å². The van der Waals surface area contributed by atoms with Crippen LogP contribution in [0.5, 0.6) is 11.5 Å². The number of phenolic OH excluding ortho intramolecular Hbond substituents is 1. The quantitative estimate of drug-likeness (QED) is 0.543. The molecule has 168 valence electrons. The number of benzene rings is 2. The highest BCUT2D eigenvalue weighted by atomic mass is 35.5. The molecule has 3 N–H and O–H groups in total. The first-order chi connectivity index (χ1) is 14.7. The summed E-state index contributed by atoms with van der Waals surface area (Å²) < 4.78 is 6.10. The van der Waals surface area contributed by atoms with Crippen molar-refractivity contribution in [1.29, 1.82) is 0 Å². The second kappa shape index (κ2) is 10.7. The number of hydrogen-bond donors (Lipinski definition) is 3. The number of hydrogen-bond acceptors (Lipinski definition) is 5. The summed E-state index contributed by atoms with van der Waals surface area (Å²) in [4.78, 5) is 14.3. The third kappa shape index (κ3) is 6.40. The summed E-state index contributed by atoms with van der Waals surface area (Å²) in [5, 5.41) is 23.8. The number of rotatable bonds is 7. The lowest BCUT2D eigenvalue weighted by Gasteiger charge is -2.33. The molecule has 6 nitrogen and oxygen atoms in total. The minimum absolute atomic E-state index is 0.0709. The van der Waals surface area contributed by atoms with Gasteiger partial charge in [0, 0.05) is 37.3 Å². The highest BCUT2D eigenvalue weighted by molar-refractivity contribution is 6.42. The van der Waals surface area contributed by atoms with Crippen LogP contribution in [0.2, 0.25) is 15.1 Å². The fourth-order valence-electron chi connectivity index (χ4n) is 3.48. The van der Waals surface area contributed by atoms with Crippen molar-refractivity contribution in [2.24, 2.45) is 0 Å². The smallest absolute Gasteiger partial charge is 0.251 e. The van der Waals surface area contributed by atoms with Crippen LogP contribution in [0.15, 0.2) is 30.3 Å². The van der Waals surface area contributed by atoms with Gasteiger partial charge in [0.15, 0.2) is 0 Å². The topological polar surface area (TPSA) is 82.0 Å². The molecule has 2 aromatic rings. The van der Waals surface area contributed by atoms with Gasteiger partial charge < -0.3 is 25.2 Å². The number of aromatic hydroxyl groups is 1. The van der Waals surface area contributed by atoms with Crippen LogP contribution >= 0.6 is 34.8 Å². The van der Waals surface area contributed by atoms with Crippen molar-refractivity contribution >= 4 is 40.7 Å². The first-order valence-corrected chi connectivity index (χ1v) is 11.2. The summed E-state index contributed by atoms with van der Waals surface area (Å²) in [6.45, 7) is 4.00. The van der Waals surface area contributed by atoms with Gasteiger partial charge in [-0.05, 0) is 50.1 Å². The Morgan fingerprint density at radius 2 is 1.87 bits per heavy atom. The van der Waals surface area contributed by atoms with Crippen LogP contribution in [0, 0.1) is 6.92 Å². The van der Waals surface area contributed by atoms with Gasteiger partial charge >= 0.3 is 0 Å². The monoisotopic (exact) mass is 486 g/mol. The highest BCUT2D eigenvalue weighted by Gasteiger charge is 2.23. The number of aliphatic hydroxyl groups excluding tert-OH is 1. The Balaban J connectivity index is 1.41. The third-order valence-corrected chi connectivity index (χ3v) is 6.51. The van der Waals surface area contributed by atoms with Crippen LogP contribution in [0.1, 0.15) is 28.8 Å². The fraction of sp³-hybridized carbons (Fsp3) is 0.409. The molecule has 1 aliphatic heterocycles. The number of ether oxygens (including phenoxy) is 1. The summed E-state index contributed by atoms with van der Waals surface area (Å²) in [5.41, 5.74) is 1.11. The van der Waals surface area contributed by atoms with Gasteiger partial charge in [-0.2, -0.15) is 0 Å². The number of amides is 1. The van der Waals surface area contributed by atoms with Crippen molar-refractivity contribution in [3.8, 4) is 11.5 Å². The predicted octanol–water partition coefficient (Wildman–Crippen LogP) is 4.29. The Morgan fingerprint density at radius 1 is 1.19 bits per heavy atom. The zero-order chi connectivity index (χ0) is 22.5. The average Bonchev–Trinajstić information content (AvgIpc) is 2.75. The number of piperidine rings is 1. The van der Waals surface area contributed by atoms with E-state index in [1.807, 2.05) is 13.0 Å². The summed E-state index contributed by atoms with van der Waals surface area (Å²) in [7, 11) is 0. The van der Waals surface area contributed by atoms with E-state index in [0.717, 1.165) is 37.2 Å². The second-order valence-electron chi connectivity index (χ2n) is 7.63. The maximum Gasteiger partial charge on any atom is 0.251 e. The number of phenols is 1. The van der Waals surface area contributed by atoms with E-state index >= 15 is 0 Å². The van der Waals surface area contributed by atoms with Gasteiger partial charge in [0.1, 0.15) is 17.6 Å². The standard InChI is InChI=1S/C22H25Cl3N2O4/c1-13-20(5-4-18(24)21(13)25)31-16-6-8-27(9-7-16)12-15(28)11-26-22(30)14-2-3-17(23)19(29)10-14/h2-5,10,15-16,28-29H,6-9,11-12H2,1H3,(H,26,30)/t15-/m1/s1. The molecule has 1 amide bonds. The Labute approximate surface area is 196 Å². The van der Waals surface area contributed by atoms with Crippen LogP contribution in [0.25, 0.3) is 0 Å². The molecule has 1 aliphatic rings. The van der Waals surface area contributed by atoms with Gasteiger partial charge in [-0.25, -0.2) is 0 Å². The number of carbonyl (C=O) groups is 1. The number of likely N-dealkylation sites (tertiary alicyclic amines) is 1. The lowest BCUT2D eigenvalue weighted by atomic mass is 10.1. The zero-order valence-electron chi connectivity index (χ0n) is 17.1. The molecule has 0 saturated carbocycles. The van der Waals surface area contributed by atoms with Crippen LogP contribution in [0.4, 0.5) is 0 Å². The van der Waals surface area contributed by atoms with Crippen molar-refractivity contribution in [2.45, 2.75) is 32.0 Å². The highest BCUT2D eigenvalue weighted by Crippen LogP contribution is 2.33. The van der Waals surface area contributed by atoms with Crippen molar-refractivity contribution in [1.82, 2.24) is 10.2 Å². The van der Waals surface area contributed by atoms with E-state index in [4.69, 9.17) is 39.5 Å². The zero-order valence-corrected chi connectivity index (χ0v) is 19.3. The molecule has 31 heavy (non-hydrogen) atoms. The Kier molecular flexibility index (Phi) is 8.30. The number of nitrogens with zero attached hydrogens (tertiary/aromatic N) is 1. The molecule has 9 heteroatoms. The molecule has 1 saturated heterocycles. The van der Waals surface area contributed by atoms with Crippen LogP contribution in [-0.4, -0.2) is 59.4 Å². The molecule has 0 spiro atoms. The van der Waals surface area contributed by atoms with Crippen molar-refractivity contribution in [3.63, 3.8) is 0 Å². The predicted molar refractivity (Wildman–Crippen MR) is 123 cm³/mol. The molecule has 1 atom stereocenters. The van der Waals surface area contributed by atoms with Crippen LogP contribution in [-0.2, 0) is 0 Å². The van der Waals surface area contributed by atoms with E-state index in [-0.39, 0.29) is 34.9 Å². The Morgan fingerprint density at radius 3 is 2.55 bits per heavy atom. The molecular formula is C22H25Cl3N2O4. The number of β-amino-alcohol motifs (C(OH)–C–C–N with tert-alkyl or cyclic N) is 1. The van der Waals surface area contributed by atoms with Gasteiger partial charge in [-0.1, -0.05) is 34.8 Å². The van der Waals surface area contributed by atoms with E-state index in [0.29, 0.717) is 16.6 Å². The summed E-state index contributed by atoms with van der Waals surface area (Å²) >= 11 is 18.0. The maximum absolute atomic E-state index is 12.2.